The molecule has 0 spiro atoms. The van der Waals surface area contributed by atoms with E-state index in [1.807, 2.05) is 42.5 Å². The molecule has 0 aliphatic rings. The molecule has 164 valence electrons. The number of fused-ring (bicyclic) bond motifs is 1. The Morgan fingerprint density at radius 1 is 1.09 bits per heavy atom. The summed E-state index contributed by atoms with van der Waals surface area (Å²) in [5, 5.41) is 12.3. The van der Waals surface area contributed by atoms with Crippen molar-refractivity contribution in [1.29, 1.82) is 5.26 Å². The van der Waals surface area contributed by atoms with E-state index in [0.717, 1.165) is 11.1 Å². The van der Waals surface area contributed by atoms with Crippen molar-refractivity contribution in [2.45, 2.75) is 24.0 Å². The fourth-order valence-electron chi connectivity index (χ4n) is 3.10. The second-order valence-corrected chi connectivity index (χ2v) is 8.01. The SMILES string of the molecule is CC(OC(=O)c1ccccc1CSc1nc2ccccc2o1)C(=O)Nc1ccccc1C#N. The largest absolute Gasteiger partial charge is 0.449 e. The zero-order chi connectivity index (χ0) is 23.2. The number of nitrogens with one attached hydrogen (secondary N) is 1. The topological polar surface area (TPSA) is 105 Å². The third-order valence-corrected chi connectivity index (χ3v) is 5.70. The maximum absolute atomic E-state index is 12.8. The summed E-state index contributed by atoms with van der Waals surface area (Å²) in [6.45, 7) is 1.48. The summed E-state index contributed by atoms with van der Waals surface area (Å²) in [4.78, 5) is 29.7. The van der Waals surface area contributed by atoms with Crippen molar-refractivity contribution in [3.05, 3.63) is 89.5 Å². The number of esters is 1. The number of aromatic nitrogens is 1. The molecule has 0 bridgehead atoms. The highest BCUT2D eigenvalue weighted by molar-refractivity contribution is 7.98. The summed E-state index contributed by atoms with van der Waals surface area (Å²) in [6, 6.07) is 23.1. The second kappa shape index (κ2) is 10.0. The van der Waals surface area contributed by atoms with E-state index >= 15 is 0 Å². The molecule has 8 heteroatoms. The molecular weight excluding hydrogens is 438 g/mol. The summed E-state index contributed by atoms with van der Waals surface area (Å²) in [6.07, 6.45) is -1.05. The number of carbonyl (C=O) groups excluding carboxylic acids is 2. The van der Waals surface area contributed by atoms with Gasteiger partial charge in [-0.1, -0.05) is 54.2 Å². The summed E-state index contributed by atoms with van der Waals surface area (Å²) >= 11 is 1.37. The first kappa shape index (κ1) is 22.1. The van der Waals surface area contributed by atoms with Gasteiger partial charge in [-0.2, -0.15) is 5.26 Å². The van der Waals surface area contributed by atoms with Gasteiger partial charge in [0.1, 0.15) is 11.6 Å². The molecule has 7 nitrogen and oxygen atoms in total. The Morgan fingerprint density at radius 3 is 2.64 bits per heavy atom. The molecule has 1 atom stereocenters. The quantitative estimate of drug-likeness (QED) is 0.301. The Morgan fingerprint density at radius 2 is 1.82 bits per heavy atom. The molecule has 0 aliphatic heterocycles. The maximum atomic E-state index is 12.8. The van der Waals surface area contributed by atoms with Crippen LogP contribution in [0.3, 0.4) is 0 Å². The molecule has 0 radical (unpaired) electrons. The third-order valence-electron chi connectivity index (χ3n) is 4.82. The second-order valence-electron chi connectivity index (χ2n) is 7.09. The standard InChI is InChI=1S/C25H19N3O4S/c1-16(23(29)27-20-11-5-3-8-17(20)14-26)31-24(30)19-10-4-2-9-18(19)15-33-25-28-21-12-6-7-13-22(21)32-25/h2-13,16H,15H2,1H3,(H,27,29). The van der Waals surface area contributed by atoms with E-state index in [9.17, 15) is 9.59 Å². The van der Waals surface area contributed by atoms with E-state index in [-0.39, 0.29) is 0 Å². The molecule has 3 aromatic carbocycles. The number of carbonyl (C=O) groups is 2. The van der Waals surface area contributed by atoms with Gasteiger partial charge in [0, 0.05) is 5.75 Å². The van der Waals surface area contributed by atoms with E-state index in [0.29, 0.717) is 33.4 Å². The third kappa shape index (κ3) is 5.22. The Hall–Kier alpha value is -4.09. The van der Waals surface area contributed by atoms with E-state index < -0.39 is 18.0 Å². The predicted molar refractivity (Wildman–Crippen MR) is 125 cm³/mol. The van der Waals surface area contributed by atoms with Crippen LogP contribution in [0, 0.1) is 11.3 Å². The van der Waals surface area contributed by atoms with Crippen molar-refractivity contribution in [3.8, 4) is 6.07 Å². The number of amides is 1. The van der Waals surface area contributed by atoms with E-state index in [1.165, 1.54) is 18.7 Å². The highest BCUT2D eigenvalue weighted by Gasteiger charge is 2.22. The van der Waals surface area contributed by atoms with Gasteiger partial charge in [-0.25, -0.2) is 9.78 Å². The number of hydrogen-bond donors (Lipinski definition) is 1. The van der Waals surface area contributed by atoms with Gasteiger partial charge < -0.3 is 14.5 Å². The number of rotatable bonds is 7. The van der Waals surface area contributed by atoms with Crippen LogP contribution in [0.4, 0.5) is 5.69 Å². The van der Waals surface area contributed by atoms with Crippen molar-refractivity contribution < 1.29 is 18.7 Å². The van der Waals surface area contributed by atoms with E-state index in [2.05, 4.69) is 10.3 Å². The van der Waals surface area contributed by atoms with Crippen LogP contribution in [0.15, 0.2) is 82.4 Å². The zero-order valence-corrected chi connectivity index (χ0v) is 18.5. The lowest BCUT2D eigenvalue weighted by molar-refractivity contribution is -0.123. The number of hydrogen-bond acceptors (Lipinski definition) is 7. The van der Waals surface area contributed by atoms with Crippen molar-refractivity contribution in [1.82, 2.24) is 4.98 Å². The van der Waals surface area contributed by atoms with E-state index in [1.54, 1.807) is 36.4 Å². The van der Waals surface area contributed by atoms with Crippen molar-refractivity contribution >= 4 is 40.4 Å². The highest BCUT2D eigenvalue weighted by Crippen LogP contribution is 2.27. The lowest BCUT2D eigenvalue weighted by atomic mass is 10.1. The van der Waals surface area contributed by atoms with Gasteiger partial charge in [0.2, 0.25) is 0 Å². The van der Waals surface area contributed by atoms with Gasteiger partial charge in [-0.05, 0) is 42.8 Å². The molecule has 4 rings (SSSR count). The minimum absolute atomic E-state index is 0.325. The minimum Gasteiger partial charge on any atom is -0.449 e. The Bertz CT molecular complexity index is 1330. The van der Waals surface area contributed by atoms with Gasteiger partial charge in [0.05, 0.1) is 16.8 Å². The van der Waals surface area contributed by atoms with Gasteiger partial charge >= 0.3 is 5.97 Å². The normalized spacial score (nSPS) is 11.5. The van der Waals surface area contributed by atoms with Crippen LogP contribution in [0.1, 0.15) is 28.4 Å². The fourth-order valence-corrected chi connectivity index (χ4v) is 3.94. The van der Waals surface area contributed by atoms with Crippen LogP contribution in [-0.4, -0.2) is 23.0 Å². The van der Waals surface area contributed by atoms with Crippen LogP contribution in [-0.2, 0) is 15.3 Å². The molecular formula is C25H19N3O4S. The summed E-state index contributed by atoms with van der Waals surface area (Å²) in [5.74, 6) is -0.696. The lowest BCUT2D eigenvalue weighted by Crippen LogP contribution is -2.30. The van der Waals surface area contributed by atoms with Crippen LogP contribution >= 0.6 is 11.8 Å². The number of thioether (sulfide) groups is 1. The molecule has 4 aromatic rings. The highest BCUT2D eigenvalue weighted by atomic mass is 32.2. The maximum Gasteiger partial charge on any atom is 0.339 e. The number of nitrogens with zero attached hydrogens (tertiary/aromatic N) is 2. The molecule has 0 saturated carbocycles. The van der Waals surface area contributed by atoms with Crippen LogP contribution in [0.5, 0.6) is 0 Å². The molecule has 33 heavy (non-hydrogen) atoms. The summed E-state index contributed by atoms with van der Waals surface area (Å²) in [5.41, 5.74) is 3.25. The zero-order valence-electron chi connectivity index (χ0n) is 17.6. The number of nitriles is 1. The molecule has 1 aromatic heterocycles. The smallest absolute Gasteiger partial charge is 0.339 e. The number of oxazole rings is 1. The average molecular weight is 458 g/mol. The number of benzene rings is 3. The molecule has 0 saturated heterocycles. The minimum atomic E-state index is -1.05. The first-order valence-corrected chi connectivity index (χ1v) is 11.1. The molecule has 0 aliphatic carbocycles. The van der Waals surface area contributed by atoms with Crippen molar-refractivity contribution in [3.63, 3.8) is 0 Å². The van der Waals surface area contributed by atoms with Crippen molar-refractivity contribution in [2.24, 2.45) is 0 Å². The predicted octanol–water partition coefficient (Wildman–Crippen LogP) is 5.18. The van der Waals surface area contributed by atoms with Gasteiger partial charge in [-0.15, -0.1) is 0 Å². The monoisotopic (exact) mass is 457 g/mol. The molecule has 1 amide bonds. The van der Waals surface area contributed by atoms with Gasteiger partial charge in [0.15, 0.2) is 11.7 Å². The first-order valence-electron chi connectivity index (χ1n) is 10.1. The summed E-state index contributed by atoms with van der Waals surface area (Å²) in [7, 11) is 0. The van der Waals surface area contributed by atoms with Gasteiger partial charge in [0.25, 0.3) is 11.1 Å². The number of ether oxygens (including phenoxy) is 1. The molecule has 1 heterocycles. The Kier molecular flexibility index (Phi) is 6.72. The van der Waals surface area contributed by atoms with Crippen LogP contribution in [0.2, 0.25) is 0 Å². The summed E-state index contributed by atoms with van der Waals surface area (Å²) < 4.78 is 11.1. The molecule has 1 N–H and O–H groups in total. The average Bonchev–Trinajstić information content (AvgIpc) is 3.26. The lowest BCUT2D eigenvalue weighted by Gasteiger charge is -2.15. The molecule has 1 unspecified atom stereocenters. The van der Waals surface area contributed by atoms with E-state index in [4.69, 9.17) is 14.4 Å². The van der Waals surface area contributed by atoms with Gasteiger partial charge in [-0.3, -0.25) is 4.79 Å². The first-order chi connectivity index (χ1) is 16.0. The van der Waals surface area contributed by atoms with Crippen LogP contribution in [0.25, 0.3) is 11.1 Å². The Balaban J connectivity index is 1.41. The van der Waals surface area contributed by atoms with Crippen molar-refractivity contribution in [2.75, 3.05) is 5.32 Å². The fraction of sp³-hybridized carbons (Fsp3) is 0.120. The number of para-hydroxylation sites is 3. The molecule has 0 fully saturated rings. The number of anilines is 1. The Labute approximate surface area is 194 Å². The van der Waals surface area contributed by atoms with Crippen LogP contribution < -0.4 is 5.32 Å².